The summed E-state index contributed by atoms with van der Waals surface area (Å²) in [5.74, 6) is -0.0462. The maximum absolute atomic E-state index is 12.2. The molecule has 5 nitrogen and oxygen atoms in total. The molecule has 0 aliphatic rings. The summed E-state index contributed by atoms with van der Waals surface area (Å²) >= 11 is 0. The van der Waals surface area contributed by atoms with Gasteiger partial charge in [-0.3, -0.25) is 9.59 Å². The van der Waals surface area contributed by atoms with Crippen LogP contribution in [0.5, 0.6) is 17.2 Å². The smallest absolute Gasteiger partial charge is 0.170 e. The van der Waals surface area contributed by atoms with E-state index in [0.29, 0.717) is 12.7 Å². The van der Waals surface area contributed by atoms with Crippen molar-refractivity contribution in [1.82, 2.24) is 0 Å². The van der Waals surface area contributed by atoms with Crippen molar-refractivity contribution in [3.63, 3.8) is 0 Å². The second kappa shape index (κ2) is 6.22. The van der Waals surface area contributed by atoms with Crippen molar-refractivity contribution < 1.29 is 24.2 Å². The summed E-state index contributed by atoms with van der Waals surface area (Å²) < 4.78 is 10.2. The topological polar surface area (TPSA) is 72.8 Å². The van der Waals surface area contributed by atoms with E-state index in [9.17, 15) is 14.7 Å². The van der Waals surface area contributed by atoms with Gasteiger partial charge in [0.15, 0.2) is 12.1 Å². The molecule has 0 spiro atoms. The van der Waals surface area contributed by atoms with Crippen molar-refractivity contribution in [2.75, 3.05) is 14.2 Å². The Bertz CT molecular complexity index is 491. The molecule has 0 aromatic heterocycles. The van der Waals surface area contributed by atoms with Gasteiger partial charge in [-0.2, -0.15) is 0 Å². The van der Waals surface area contributed by atoms with Crippen LogP contribution in [-0.2, 0) is 0 Å². The summed E-state index contributed by atoms with van der Waals surface area (Å²) in [6.45, 7) is 3.83. The Morgan fingerprint density at radius 3 is 2.42 bits per heavy atom. The second-order valence-corrected chi connectivity index (χ2v) is 4.56. The monoisotopic (exact) mass is 266 g/mol. The highest BCUT2D eigenvalue weighted by molar-refractivity contribution is 6.04. The zero-order chi connectivity index (χ0) is 14.6. The van der Waals surface area contributed by atoms with E-state index in [1.165, 1.54) is 20.3 Å². The lowest BCUT2D eigenvalue weighted by molar-refractivity contribution is 0.0961. The normalized spacial score (nSPS) is 10.4. The van der Waals surface area contributed by atoms with E-state index >= 15 is 0 Å². The molecule has 1 aromatic rings. The molecule has 5 heteroatoms. The van der Waals surface area contributed by atoms with Crippen LogP contribution in [0.1, 0.15) is 41.0 Å². The van der Waals surface area contributed by atoms with Crippen LogP contribution in [-0.4, -0.2) is 31.4 Å². The lowest BCUT2D eigenvalue weighted by Crippen LogP contribution is -2.09. The summed E-state index contributed by atoms with van der Waals surface area (Å²) in [6.07, 6.45) is 0.759. The molecule has 0 atom stereocenters. The van der Waals surface area contributed by atoms with Crippen LogP contribution in [0.15, 0.2) is 6.07 Å². The SMILES string of the molecule is COc1cc(O)c(C=O)c(OC)c1C(=O)CC(C)C. The van der Waals surface area contributed by atoms with E-state index in [1.807, 2.05) is 13.8 Å². The van der Waals surface area contributed by atoms with Crippen LogP contribution in [0.4, 0.5) is 0 Å². The molecule has 0 amide bonds. The van der Waals surface area contributed by atoms with Gasteiger partial charge in [0.25, 0.3) is 0 Å². The lowest BCUT2D eigenvalue weighted by atomic mass is 9.97. The zero-order valence-corrected chi connectivity index (χ0v) is 11.5. The average Bonchev–Trinajstić information content (AvgIpc) is 2.35. The predicted octanol–water partition coefficient (Wildman–Crippen LogP) is 2.45. The number of aromatic hydroxyl groups is 1. The maximum atomic E-state index is 12.2. The quantitative estimate of drug-likeness (QED) is 0.632. The van der Waals surface area contributed by atoms with Gasteiger partial charge in [0, 0.05) is 12.5 Å². The van der Waals surface area contributed by atoms with Gasteiger partial charge >= 0.3 is 0 Å². The van der Waals surface area contributed by atoms with Crippen LogP contribution in [0.2, 0.25) is 0 Å². The van der Waals surface area contributed by atoms with Crippen LogP contribution >= 0.6 is 0 Å². The summed E-state index contributed by atoms with van der Waals surface area (Å²) in [7, 11) is 2.73. The molecule has 0 aliphatic carbocycles. The summed E-state index contributed by atoms with van der Waals surface area (Å²) in [5.41, 5.74) is 0.147. The number of ether oxygens (including phenoxy) is 2. The number of rotatable bonds is 6. The molecule has 0 heterocycles. The highest BCUT2D eigenvalue weighted by Gasteiger charge is 2.24. The van der Waals surface area contributed by atoms with Crippen molar-refractivity contribution in [3.05, 3.63) is 17.2 Å². The van der Waals surface area contributed by atoms with E-state index in [4.69, 9.17) is 9.47 Å². The van der Waals surface area contributed by atoms with Crippen molar-refractivity contribution in [3.8, 4) is 17.2 Å². The number of hydrogen-bond acceptors (Lipinski definition) is 5. The molecule has 0 fully saturated rings. The van der Waals surface area contributed by atoms with Gasteiger partial charge in [-0.15, -0.1) is 0 Å². The molecule has 0 bridgehead atoms. The van der Waals surface area contributed by atoms with E-state index in [1.54, 1.807) is 0 Å². The molecule has 0 unspecified atom stereocenters. The van der Waals surface area contributed by atoms with Crippen molar-refractivity contribution in [2.45, 2.75) is 20.3 Å². The first-order chi connectivity index (χ1) is 8.96. The fourth-order valence-corrected chi connectivity index (χ4v) is 1.86. The standard InChI is InChI=1S/C14H18O5/c1-8(2)5-11(17)13-12(18-3)6-10(16)9(7-15)14(13)19-4/h6-8,16H,5H2,1-4H3. The second-order valence-electron chi connectivity index (χ2n) is 4.56. The Morgan fingerprint density at radius 2 is 2.00 bits per heavy atom. The van der Waals surface area contributed by atoms with Gasteiger partial charge in [-0.1, -0.05) is 13.8 Å². The molecule has 0 radical (unpaired) electrons. The summed E-state index contributed by atoms with van der Waals surface area (Å²) in [6, 6.07) is 1.25. The number of ketones is 1. The summed E-state index contributed by atoms with van der Waals surface area (Å²) in [4.78, 5) is 23.2. The Balaban J connectivity index is 3.49. The number of hydrogen-bond donors (Lipinski definition) is 1. The number of carbonyl (C=O) groups is 2. The molecular formula is C14H18O5. The Hall–Kier alpha value is -2.04. The number of benzene rings is 1. The highest BCUT2D eigenvalue weighted by atomic mass is 16.5. The first-order valence-corrected chi connectivity index (χ1v) is 5.92. The average molecular weight is 266 g/mol. The van der Waals surface area contributed by atoms with Crippen molar-refractivity contribution in [1.29, 1.82) is 0 Å². The third kappa shape index (κ3) is 3.05. The Morgan fingerprint density at radius 1 is 1.37 bits per heavy atom. The molecule has 0 aliphatic heterocycles. The predicted molar refractivity (Wildman–Crippen MR) is 70.4 cm³/mol. The lowest BCUT2D eigenvalue weighted by Gasteiger charge is -2.16. The minimum atomic E-state index is -0.273. The molecule has 104 valence electrons. The Labute approximate surface area is 112 Å². The minimum Gasteiger partial charge on any atom is -0.507 e. The fourth-order valence-electron chi connectivity index (χ4n) is 1.86. The van der Waals surface area contributed by atoms with Crippen LogP contribution in [0.3, 0.4) is 0 Å². The zero-order valence-electron chi connectivity index (χ0n) is 11.5. The van der Waals surface area contributed by atoms with Gasteiger partial charge in [0.2, 0.25) is 0 Å². The summed E-state index contributed by atoms with van der Waals surface area (Å²) in [5, 5.41) is 9.72. The van der Waals surface area contributed by atoms with Crippen LogP contribution in [0, 0.1) is 5.92 Å². The van der Waals surface area contributed by atoms with Gasteiger partial charge in [-0.25, -0.2) is 0 Å². The number of Topliss-reactive ketones (excluding diaryl/α,β-unsaturated/α-hetero) is 1. The third-order valence-corrected chi connectivity index (χ3v) is 2.68. The first kappa shape index (κ1) is 15.0. The van der Waals surface area contributed by atoms with E-state index in [-0.39, 0.29) is 40.1 Å². The highest BCUT2D eigenvalue weighted by Crippen LogP contribution is 2.38. The Kier molecular flexibility index (Phi) is 4.92. The minimum absolute atomic E-state index is 0.0459. The first-order valence-electron chi connectivity index (χ1n) is 5.92. The molecule has 1 aromatic carbocycles. The molecular weight excluding hydrogens is 248 g/mol. The van der Waals surface area contributed by atoms with E-state index in [0.717, 1.165) is 0 Å². The molecule has 0 saturated heterocycles. The molecule has 1 N–H and O–H groups in total. The van der Waals surface area contributed by atoms with Gasteiger partial charge in [0.05, 0.1) is 19.8 Å². The van der Waals surface area contributed by atoms with Crippen molar-refractivity contribution >= 4 is 12.1 Å². The molecule has 0 saturated carbocycles. The van der Waals surface area contributed by atoms with Gasteiger partial charge < -0.3 is 14.6 Å². The number of aldehydes is 1. The third-order valence-electron chi connectivity index (χ3n) is 2.68. The number of phenolic OH excluding ortho intramolecular Hbond substituents is 1. The molecule has 1 rings (SSSR count). The van der Waals surface area contributed by atoms with Gasteiger partial charge in [0.1, 0.15) is 22.8 Å². The van der Waals surface area contributed by atoms with E-state index < -0.39 is 0 Å². The number of carbonyl (C=O) groups excluding carboxylic acids is 2. The maximum Gasteiger partial charge on any atom is 0.170 e. The van der Waals surface area contributed by atoms with Gasteiger partial charge in [-0.05, 0) is 5.92 Å². The van der Waals surface area contributed by atoms with Crippen molar-refractivity contribution in [2.24, 2.45) is 5.92 Å². The fraction of sp³-hybridized carbons (Fsp3) is 0.429. The number of phenols is 1. The molecule has 19 heavy (non-hydrogen) atoms. The van der Waals surface area contributed by atoms with Crippen LogP contribution in [0.25, 0.3) is 0 Å². The van der Waals surface area contributed by atoms with Crippen LogP contribution < -0.4 is 9.47 Å². The number of methoxy groups -OCH3 is 2. The van der Waals surface area contributed by atoms with E-state index in [2.05, 4.69) is 0 Å². The largest absolute Gasteiger partial charge is 0.507 e.